The molecule has 1 saturated heterocycles. The molecule has 0 unspecified atom stereocenters. The van der Waals surface area contributed by atoms with Crippen LogP contribution in [0.5, 0.6) is 0 Å². The second kappa shape index (κ2) is 17.8. The summed E-state index contributed by atoms with van der Waals surface area (Å²) in [5.41, 5.74) is 11.8. The maximum atomic E-state index is 13.7. The summed E-state index contributed by atoms with van der Waals surface area (Å²) in [6.07, 6.45) is 5.55. The van der Waals surface area contributed by atoms with E-state index in [1.54, 1.807) is 12.1 Å². The van der Waals surface area contributed by atoms with Gasteiger partial charge in [-0.25, -0.2) is 0 Å². The molecular formula is C38H46Cl2N8O3. The van der Waals surface area contributed by atoms with E-state index in [1.807, 2.05) is 61.5 Å². The summed E-state index contributed by atoms with van der Waals surface area (Å²) in [6, 6.07) is 20.4. The Kier molecular flexibility index (Phi) is 13.2. The molecule has 0 radical (unpaired) electrons. The van der Waals surface area contributed by atoms with E-state index in [-0.39, 0.29) is 47.4 Å². The molecule has 0 spiro atoms. The SMILES string of the molecule is Cc1cc(C(=O)NC2CCNCC2)ccc1-c1ccc(C[C@H](NC(=O)[C@H]2CC[C@H](CN)CC2)C(=O)Nc2ccc(-c3nnc(Cl)[nH]3)cc2)cc1.Cl. The lowest BCUT2D eigenvalue weighted by molar-refractivity contribution is -0.130. The number of amides is 3. The van der Waals surface area contributed by atoms with E-state index in [2.05, 4.69) is 36.4 Å². The minimum atomic E-state index is -0.784. The number of rotatable bonds is 11. The van der Waals surface area contributed by atoms with Crippen molar-refractivity contribution < 1.29 is 14.4 Å². The van der Waals surface area contributed by atoms with Crippen LogP contribution in [0, 0.1) is 18.8 Å². The fourth-order valence-corrected chi connectivity index (χ4v) is 7.02. The van der Waals surface area contributed by atoms with Crippen molar-refractivity contribution in [3.05, 3.63) is 88.7 Å². The minimum absolute atomic E-state index is 0. The maximum Gasteiger partial charge on any atom is 0.251 e. The average Bonchev–Trinajstić information content (AvgIpc) is 3.58. The first kappa shape index (κ1) is 38.0. The van der Waals surface area contributed by atoms with E-state index >= 15 is 0 Å². The number of carbonyl (C=O) groups excluding carboxylic acids is 3. The summed E-state index contributed by atoms with van der Waals surface area (Å²) in [7, 11) is 0. The smallest absolute Gasteiger partial charge is 0.251 e. The normalized spacial score (nSPS) is 18.3. The van der Waals surface area contributed by atoms with Crippen LogP contribution >= 0.6 is 24.0 Å². The Morgan fingerprint density at radius 2 is 1.59 bits per heavy atom. The molecule has 4 aromatic rings. The van der Waals surface area contributed by atoms with Crippen LogP contribution in [0.25, 0.3) is 22.5 Å². The van der Waals surface area contributed by atoms with Gasteiger partial charge in [0.2, 0.25) is 17.1 Å². The number of hydrogen-bond donors (Lipinski definition) is 6. The fourth-order valence-electron chi connectivity index (χ4n) is 6.89. The number of benzene rings is 3. The van der Waals surface area contributed by atoms with Crippen LogP contribution in [0.1, 0.15) is 60.0 Å². The lowest BCUT2D eigenvalue weighted by Crippen LogP contribution is -2.48. The summed E-state index contributed by atoms with van der Waals surface area (Å²) >= 11 is 5.87. The van der Waals surface area contributed by atoms with Crippen LogP contribution in [-0.2, 0) is 16.0 Å². The highest BCUT2D eigenvalue weighted by molar-refractivity contribution is 6.28. The average molecular weight is 734 g/mol. The molecule has 51 heavy (non-hydrogen) atoms. The molecule has 1 atom stereocenters. The van der Waals surface area contributed by atoms with Gasteiger partial charge in [0.1, 0.15) is 6.04 Å². The lowest BCUT2D eigenvalue weighted by Gasteiger charge is -2.28. The molecule has 13 heteroatoms. The maximum absolute atomic E-state index is 13.7. The zero-order valence-corrected chi connectivity index (χ0v) is 30.3. The standard InChI is InChI=1S/C38H45ClN8O3.ClH/c1-23-20-29(36(49)42-31-16-18-41-19-17-31)12-15-32(23)26-6-2-24(3-7-26)21-33(44-35(48)28-8-4-25(22-40)5-9-28)37(50)43-30-13-10-27(11-14-30)34-45-38(39)47-46-34;/h2-3,6-7,10-15,20,25,28,31,33,41H,4-5,8-9,16-19,21-22,40H2,1H3,(H,42,49)(H,43,50)(H,44,48)(H,45,46,47);1H/t25-,28-,33-;/m0./s1. The zero-order chi connectivity index (χ0) is 35.0. The minimum Gasteiger partial charge on any atom is -0.349 e. The highest BCUT2D eigenvalue weighted by atomic mass is 35.5. The monoisotopic (exact) mass is 732 g/mol. The summed E-state index contributed by atoms with van der Waals surface area (Å²) in [6.45, 7) is 4.48. The lowest BCUT2D eigenvalue weighted by atomic mass is 9.81. The molecule has 1 aromatic heterocycles. The number of anilines is 1. The Morgan fingerprint density at radius 1 is 0.902 bits per heavy atom. The first-order chi connectivity index (χ1) is 24.2. The van der Waals surface area contributed by atoms with Crippen molar-refractivity contribution >= 4 is 47.4 Å². The molecule has 2 aliphatic rings. The van der Waals surface area contributed by atoms with Crippen molar-refractivity contribution in [1.29, 1.82) is 0 Å². The van der Waals surface area contributed by atoms with Gasteiger partial charge < -0.3 is 32.0 Å². The number of halogens is 2. The van der Waals surface area contributed by atoms with E-state index in [4.69, 9.17) is 17.3 Å². The van der Waals surface area contributed by atoms with Gasteiger partial charge in [-0.1, -0.05) is 30.3 Å². The highest BCUT2D eigenvalue weighted by Gasteiger charge is 2.29. The number of aromatic amines is 1. The van der Waals surface area contributed by atoms with Gasteiger partial charge in [-0.15, -0.1) is 22.6 Å². The molecule has 270 valence electrons. The first-order valence-electron chi connectivity index (χ1n) is 17.5. The molecule has 2 fully saturated rings. The first-order valence-corrected chi connectivity index (χ1v) is 17.8. The van der Waals surface area contributed by atoms with Gasteiger partial charge in [-0.2, -0.15) is 0 Å². The number of piperidine rings is 1. The van der Waals surface area contributed by atoms with Crippen LogP contribution in [0.15, 0.2) is 66.7 Å². The van der Waals surface area contributed by atoms with Crippen molar-refractivity contribution in [2.75, 3.05) is 25.0 Å². The van der Waals surface area contributed by atoms with Crippen molar-refractivity contribution in [3.8, 4) is 22.5 Å². The number of aromatic nitrogens is 3. The number of nitrogens with two attached hydrogens (primary N) is 1. The Labute approximate surface area is 309 Å². The van der Waals surface area contributed by atoms with E-state index < -0.39 is 6.04 Å². The molecule has 3 amide bonds. The van der Waals surface area contributed by atoms with Crippen LogP contribution in [-0.4, -0.2) is 64.6 Å². The Hall–Kier alpha value is -4.29. The molecule has 1 aliphatic heterocycles. The van der Waals surface area contributed by atoms with Gasteiger partial charge >= 0.3 is 0 Å². The van der Waals surface area contributed by atoms with Crippen molar-refractivity contribution in [3.63, 3.8) is 0 Å². The van der Waals surface area contributed by atoms with Gasteiger partial charge in [-0.05, 0) is 141 Å². The third-order valence-electron chi connectivity index (χ3n) is 9.94. The quantitative estimate of drug-likeness (QED) is 0.120. The van der Waals surface area contributed by atoms with Gasteiger partial charge in [0.25, 0.3) is 5.91 Å². The largest absolute Gasteiger partial charge is 0.349 e. The van der Waals surface area contributed by atoms with Crippen molar-refractivity contribution in [2.24, 2.45) is 17.6 Å². The summed E-state index contributed by atoms with van der Waals surface area (Å²) in [4.78, 5) is 42.9. The third-order valence-corrected chi connectivity index (χ3v) is 10.1. The van der Waals surface area contributed by atoms with E-state index in [0.29, 0.717) is 36.0 Å². The van der Waals surface area contributed by atoms with Crippen LogP contribution < -0.4 is 27.0 Å². The Morgan fingerprint density at radius 3 is 2.22 bits per heavy atom. The van der Waals surface area contributed by atoms with E-state index in [0.717, 1.165) is 79.4 Å². The fraction of sp³-hybridized carbons (Fsp3) is 0.395. The van der Waals surface area contributed by atoms with E-state index in [9.17, 15) is 14.4 Å². The van der Waals surface area contributed by atoms with Gasteiger partial charge in [0, 0.05) is 35.2 Å². The highest BCUT2D eigenvalue weighted by Crippen LogP contribution is 2.29. The van der Waals surface area contributed by atoms with Gasteiger partial charge in [0.05, 0.1) is 0 Å². The van der Waals surface area contributed by atoms with E-state index in [1.165, 1.54) is 0 Å². The molecule has 1 saturated carbocycles. The summed E-state index contributed by atoms with van der Waals surface area (Å²) in [5, 5.41) is 20.5. The van der Waals surface area contributed by atoms with Crippen LogP contribution in [0.2, 0.25) is 5.28 Å². The van der Waals surface area contributed by atoms with Gasteiger partial charge in [0.15, 0.2) is 5.82 Å². The van der Waals surface area contributed by atoms with Gasteiger partial charge in [-0.3, -0.25) is 14.4 Å². The number of H-pyrrole nitrogens is 1. The van der Waals surface area contributed by atoms with Crippen LogP contribution in [0.4, 0.5) is 5.69 Å². The molecule has 0 bridgehead atoms. The Balaban J connectivity index is 0.00000504. The second-order valence-electron chi connectivity index (χ2n) is 13.5. The molecule has 7 N–H and O–H groups in total. The number of nitrogens with one attached hydrogen (secondary N) is 5. The zero-order valence-electron chi connectivity index (χ0n) is 28.7. The summed E-state index contributed by atoms with van der Waals surface area (Å²) < 4.78 is 0. The summed E-state index contributed by atoms with van der Waals surface area (Å²) in [5.74, 6) is 0.379. The molecule has 6 rings (SSSR count). The molecule has 11 nitrogen and oxygen atoms in total. The Bertz CT molecular complexity index is 1780. The molecular weight excluding hydrogens is 687 g/mol. The van der Waals surface area contributed by atoms with Crippen molar-refractivity contribution in [1.82, 2.24) is 31.1 Å². The molecule has 1 aliphatic carbocycles. The number of aryl methyl sites for hydroxylation is 1. The predicted molar refractivity (Wildman–Crippen MR) is 203 cm³/mol. The second-order valence-corrected chi connectivity index (χ2v) is 13.8. The topological polar surface area (TPSA) is 167 Å². The molecule has 2 heterocycles. The number of nitrogens with zero attached hydrogens (tertiary/aromatic N) is 2. The van der Waals surface area contributed by atoms with Crippen molar-refractivity contribution in [2.45, 2.75) is 64.0 Å². The number of carbonyl (C=O) groups is 3. The molecule has 3 aromatic carbocycles. The number of hydrogen-bond acceptors (Lipinski definition) is 7. The third kappa shape index (κ3) is 9.94. The van der Waals surface area contributed by atoms with Crippen LogP contribution in [0.3, 0.4) is 0 Å². The predicted octanol–water partition coefficient (Wildman–Crippen LogP) is 5.44.